The lowest BCUT2D eigenvalue weighted by atomic mass is 10.0. The van der Waals surface area contributed by atoms with Crippen LogP contribution >= 0.6 is 24.0 Å². The Morgan fingerprint density at radius 3 is 2.44 bits per heavy atom. The Morgan fingerprint density at radius 1 is 1.07 bits per heavy atom. The number of hydrogen-bond acceptors (Lipinski definition) is 4. The third-order valence-corrected chi connectivity index (χ3v) is 5.88. The minimum atomic E-state index is 0. The molecule has 3 aliphatic rings. The van der Waals surface area contributed by atoms with Crippen molar-refractivity contribution < 1.29 is 9.47 Å². The van der Waals surface area contributed by atoms with Crippen LogP contribution in [-0.2, 0) is 9.47 Å². The third kappa shape index (κ3) is 6.72. The number of morpholine rings is 1. The highest BCUT2D eigenvalue weighted by atomic mass is 127. The lowest BCUT2D eigenvalue weighted by Gasteiger charge is -2.38. The van der Waals surface area contributed by atoms with Crippen molar-refractivity contribution in [2.45, 2.75) is 64.2 Å². The van der Waals surface area contributed by atoms with Crippen molar-refractivity contribution in [1.82, 2.24) is 15.1 Å². The fourth-order valence-corrected chi connectivity index (χ4v) is 4.54. The van der Waals surface area contributed by atoms with Gasteiger partial charge in [0.1, 0.15) is 6.10 Å². The van der Waals surface area contributed by atoms with E-state index in [2.05, 4.69) is 34.0 Å². The molecule has 3 rings (SSSR count). The van der Waals surface area contributed by atoms with Crippen LogP contribution in [0.5, 0.6) is 0 Å². The van der Waals surface area contributed by atoms with Gasteiger partial charge in [-0.2, -0.15) is 0 Å². The number of nitrogens with one attached hydrogen (secondary N) is 1. The molecule has 0 aromatic carbocycles. The molecular weight excluding hydrogens is 455 g/mol. The Hall–Kier alpha value is -0.120. The summed E-state index contributed by atoms with van der Waals surface area (Å²) in [6, 6.07) is 0.601. The molecule has 0 radical (unpaired) electrons. The average molecular weight is 494 g/mol. The molecule has 3 saturated heterocycles. The molecule has 3 aliphatic heterocycles. The summed E-state index contributed by atoms with van der Waals surface area (Å²) in [6.45, 7) is 11.5. The molecule has 6 nitrogen and oxygen atoms in total. The first-order chi connectivity index (χ1) is 12.7. The molecule has 1 N–H and O–H groups in total. The lowest BCUT2D eigenvalue weighted by molar-refractivity contribution is -0.0817. The van der Waals surface area contributed by atoms with Gasteiger partial charge in [0.05, 0.1) is 12.7 Å². The number of ether oxygens (including phenoxy) is 2. The Balaban J connectivity index is 0.00000261. The molecule has 0 spiro atoms. The van der Waals surface area contributed by atoms with E-state index in [4.69, 9.17) is 9.47 Å². The van der Waals surface area contributed by atoms with Crippen LogP contribution in [-0.4, -0.2) is 87.0 Å². The summed E-state index contributed by atoms with van der Waals surface area (Å²) in [7, 11) is 1.90. The van der Waals surface area contributed by atoms with E-state index < -0.39 is 0 Å². The summed E-state index contributed by atoms with van der Waals surface area (Å²) < 4.78 is 11.8. The Labute approximate surface area is 182 Å². The number of aliphatic imine (C=N–C) groups is 1. The second-order valence-corrected chi connectivity index (χ2v) is 8.36. The largest absolute Gasteiger partial charge is 0.375 e. The molecule has 7 heteroatoms. The van der Waals surface area contributed by atoms with Gasteiger partial charge in [0.25, 0.3) is 0 Å². The molecule has 3 heterocycles. The minimum absolute atomic E-state index is 0. The number of hydrogen-bond donors (Lipinski definition) is 1. The van der Waals surface area contributed by atoms with Crippen molar-refractivity contribution >= 4 is 29.9 Å². The van der Waals surface area contributed by atoms with Gasteiger partial charge in [0, 0.05) is 39.3 Å². The molecular formula is C20H39IN4O2. The van der Waals surface area contributed by atoms with Crippen molar-refractivity contribution in [2.24, 2.45) is 10.9 Å². The van der Waals surface area contributed by atoms with Gasteiger partial charge in [-0.15, -0.1) is 24.0 Å². The smallest absolute Gasteiger partial charge is 0.193 e. The number of likely N-dealkylation sites (tertiary alicyclic amines) is 1. The second kappa shape index (κ2) is 11.8. The van der Waals surface area contributed by atoms with Gasteiger partial charge in [0.2, 0.25) is 0 Å². The van der Waals surface area contributed by atoms with Crippen molar-refractivity contribution in [2.75, 3.05) is 53.0 Å². The van der Waals surface area contributed by atoms with Gasteiger partial charge in [0.15, 0.2) is 5.96 Å². The first-order valence-electron chi connectivity index (χ1n) is 10.6. The van der Waals surface area contributed by atoms with Crippen LogP contribution in [0.3, 0.4) is 0 Å². The standard InChI is InChI=1S/C20H38N4O2.HI/c1-16(2)13-17(23-8-4-5-9-23)14-22-20(21-3)24-10-12-26-19(15-24)18-7-6-11-25-18;/h16-19H,4-15H2,1-3H3,(H,21,22);1H. The Morgan fingerprint density at radius 2 is 1.81 bits per heavy atom. The molecule has 158 valence electrons. The number of guanidine groups is 1. The average Bonchev–Trinajstić information content (AvgIpc) is 3.35. The van der Waals surface area contributed by atoms with Crippen molar-refractivity contribution in [3.63, 3.8) is 0 Å². The number of halogens is 1. The van der Waals surface area contributed by atoms with E-state index in [9.17, 15) is 0 Å². The van der Waals surface area contributed by atoms with Crippen molar-refractivity contribution in [3.8, 4) is 0 Å². The van der Waals surface area contributed by atoms with E-state index in [-0.39, 0.29) is 36.2 Å². The monoisotopic (exact) mass is 494 g/mol. The quantitative estimate of drug-likeness (QED) is 0.350. The van der Waals surface area contributed by atoms with Crippen molar-refractivity contribution in [1.29, 1.82) is 0 Å². The maximum absolute atomic E-state index is 5.99. The molecule has 0 amide bonds. The maximum atomic E-state index is 5.99. The fourth-order valence-electron chi connectivity index (χ4n) is 4.54. The van der Waals surface area contributed by atoms with E-state index >= 15 is 0 Å². The van der Waals surface area contributed by atoms with Crippen LogP contribution in [0.15, 0.2) is 4.99 Å². The zero-order chi connectivity index (χ0) is 18.4. The lowest BCUT2D eigenvalue weighted by Crippen LogP contribution is -2.55. The van der Waals surface area contributed by atoms with E-state index in [1.165, 1.54) is 32.4 Å². The van der Waals surface area contributed by atoms with E-state index in [1.54, 1.807) is 0 Å². The van der Waals surface area contributed by atoms with Gasteiger partial charge < -0.3 is 19.7 Å². The molecule has 3 atom stereocenters. The van der Waals surface area contributed by atoms with E-state index in [0.29, 0.717) is 6.04 Å². The highest BCUT2D eigenvalue weighted by molar-refractivity contribution is 14.0. The molecule has 3 fully saturated rings. The van der Waals surface area contributed by atoms with E-state index in [0.717, 1.165) is 57.6 Å². The fraction of sp³-hybridized carbons (Fsp3) is 0.950. The molecule has 0 aromatic rings. The highest BCUT2D eigenvalue weighted by Gasteiger charge is 2.32. The normalized spacial score (nSPS) is 28.4. The highest BCUT2D eigenvalue weighted by Crippen LogP contribution is 2.21. The predicted octanol–water partition coefficient (Wildman–Crippen LogP) is 2.57. The summed E-state index contributed by atoms with van der Waals surface area (Å²) in [5.41, 5.74) is 0. The molecule has 27 heavy (non-hydrogen) atoms. The topological polar surface area (TPSA) is 49.3 Å². The summed E-state index contributed by atoms with van der Waals surface area (Å²) >= 11 is 0. The number of nitrogens with zero attached hydrogens (tertiary/aromatic N) is 3. The molecule has 0 bridgehead atoms. The van der Waals surface area contributed by atoms with Gasteiger partial charge in [-0.25, -0.2) is 0 Å². The Kier molecular flexibility index (Phi) is 10.1. The van der Waals surface area contributed by atoms with Crippen LogP contribution in [0.25, 0.3) is 0 Å². The first kappa shape index (κ1) is 23.2. The zero-order valence-corrected chi connectivity index (χ0v) is 19.7. The minimum Gasteiger partial charge on any atom is -0.375 e. The van der Waals surface area contributed by atoms with Gasteiger partial charge in [-0.1, -0.05) is 13.8 Å². The summed E-state index contributed by atoms with van der Waals surface area (Å²) in [6.07, 6.45) is 6.64. The van der Waals surface area contributed by atoms with Gasteiger partial charge in [-0.05, 0) is 51.1 Å². The third-order valence-electron chi connectivity index (χ3n) is 5.88. The van der Waals surface area contributed by atoms with Crippen LogP contribution < -0.4 is 5.32 Å². The van der Waals surface area contributed by atoms with Gasteiger partial charge in [-0.3, -0.25) is 9.89 Å². The molecule has 0 saturated carbocycles. The summed E-state index contributed by atoms with van der Waals surface area (Å²) in [4.78, 5) is 9.58. The first-order valence-corrected chi connectivity index (χ1v) is 10.6. The molecule has 0 aliphatic carbocycles. The molecule has 0 aromatic heterocycles. The van der Waals surface area contributed by atoms with Crippen LogP contribution in [0.1, 0.15) is 46.0 Å². The Bertz CT molecular complexity index is 451. The molecule has 3 unspecified atom stereocenters. The summed E-state index contributed by atoms with van der Waals surface area (Å²) in [5.74, 6) is 1.74. The summed E-state index contributed by atoms with van der Waals surface area (Å²) in [5, 5.41) is 3.67. The maximum Gasteiger partial charge on any atom is 0.193 e. The number of rotatable bonds is 6. The van der Waals surface area contributed by atoms with Crippen molar-refractivity contribution in [3.05, 3.63) is 0 Å². The zero-order valence-electron chi connectivity index (χ0n) is 17.4. The van der Waals surface area contributed by atoms with Gasteiger partial charge >= 0.3 is 0 Å². The SMILES string of the molecule is CN=C(NCC(CC(C)C)N1CCCC1)N1CCOC(C2CCCO2)C1.I. The second-order valence-electron chi connectivity index (χ2n) is 8.36. The van der Waals surface area contributed by atoms with Crippen LogP contribution in [0.2, 0.25) is 0 Å². The van der Waals surface area contributed by atoms with Crippen LogP contribution in [0.4, 0.5) is 0 Å². The predicted molar refractivity (Wildman–Crippen MR) is 121 cm³/mol. The van der Waals surface area contributed by atoms with Crippen LogP contribution in [0, 0.1) is 5.92 Å². The van der Waals surface area contributed by atoms with E-state index in [1.807, 2.05) is 7.05 Å².